The summed E-state index contributed by atoms with van der Waals surface area (Å²) >= 11 is 0. The Bertz CT molecular complexity index is 2110. The summed E-state index contributed by atoms with van der Waals surface area (Å²) < 4.78 is 15.1. The Kier molecular flexibility index (Phi) is 16.9. The molecule has 10 N–H and O–H groups in total. The van der Waals surface area contributed by atoms with Gasteiger partial charge in [0.25, 0.3) is 0 Å². The molecule has 0 radical (unpaired) electrons. The van der Waals surface area contributed by atoms with Gasteiger partial charge in [0.1, 0.15) is 30.2 Å². The lowest BCUT2D eigenvalue weighted by Crippen LogP contribution is -2.61. The van der Waals surface area contributed by atoms with Crippen molar-refractivity contribution in [3.8, 4) is 0 Å². The summed E-state index contributed by atoms with van der Waals surface area (Å²) in [6.07, 6.45) is 1.73. The minimum absolute atomic E-state index is 0.0280. The number of nitrogens with one attached hydrogen (secondary N) is 6. The normalized spacial score (nSPS) is 16.6. The summed E-state index contributed by atoms with van der Waals surface area (Å²) in [5.74, 6) is -5.07. The molecule has 2 heterocycles. The maximum Gasteiger partial charge on any atom is 0.326 e. The molecule has 326 valence electrons. The number of unbranched alkanes of at least 4 members (excludes halogenated alkanes) is 1. The van der Waals surface area contributed by atoms with Crippen molar-refractivity contribution in [2.75, 3.05) is 13.1 Å². The number of carboxylic acids is 1. The number of aliphatic carboxylic acids is 1. The van der Waals surface area contributed by atoms with E-state index >= 15 is 4.48 Å². The fourth-order valence-electron chi connectivity index (χ4n) is 7.32. The number of carbonyl (C=O) groups is 6. The second-order valence-electron chi connectivity index (χ2n) is 15.3. The van der Waals surface area contributed by atoms with E-state index in [-0.39, 0.29) is 43.7 Å². The number of fused-ring (bicyclic) bond motifs is 1. The van der Waals surface area contributed by atoms with Crippen LogP contribution < -0.4 is 37.6 Å². The van der Waals surface area contributed by atoms with Crippen molar-refractivity contribution in [3.63, 3.8) is 0 Å². The molecule has 1 fully saturated rings. The van der Waals surface area contributed by atoms with Gasteiger partial charge in [-0.3, -0.25) is 24.0 Å². The number of carbonyl (C=O) groups excluding carboxylic acids is 5. The molecule has 0 spiro atoms. The Balaban J connectivity index is 1.40. The third kappa shape index (κ3) is 13.2. The van der Waals surface area contributed by atoms with Crippen LogP contribution >= 0.6 is 0 Å². The van der Waals surface area contributed by atoms with Crippen molar-refractivity contribution in [2.45, 2.75) is 101 Å². The number of para-hydroxylation sites is 1. The van der Waals surface area contributed by atoms with Crippen LogP contribution in [0, 0.1) is 0 Å². The Morgan fingerprint density at radius 2 is 1.30 bits per heavy atom. The van der Waals surface area contributed by atoms with E-state index in [1.165, 1.54) is 13.1 Å². The number of hydrogen-bond donors (Lipinski definition) is 9. The third-order valence-electron chi connectivity index (χ3n) is 10.6. The average molecular weight is 843 g/mol. The monoisotopic (exact) mass is 842 g/mol. The van der Waals surface area contributed by atoms with Crippen molar-refractivity contribution in [1.29, 1.82) is 0 Å². The number of nitrogens with two attached hydrogens (primary N) is 1. The number of hydrogen-bond acceptors (Lipinski definition) is 9. The first-order valence-corrected chi connectivity index (χ1v) is 20.5. The van der Waals surface area contributed by atoms with Crippen LogP contribution in [-0.4, -0.2) is 106 Å². The molecule has 1 aliphatic heterocycles. The molecule has 1 aliphatic rings. The van der Waals surface area contributed by atoms with Crippen molar-refractivity contribution >= 4 is 46.4 Å². The molecule has 0 aliphatic carbocycles. The number of aliphatic hydroxyl groups excluding tert-OH is 1. The fraction of sp³-hybridized carbons (Fsp3) is 0.409. The van der Waals surface area contributed by atoms with Gasteiger partial charge in [-0.1, -0.05) is 83.3 Å². The van der Waals surface area contributed by atoms with E-state index in [4.69, 9.17) is 5.73 Å². The van der Waals surface area contributed by atoms with Crippen molar-refractivity contribution in [3.05, 3.63) is 108 Å². The highest BCUT2D eigenvalue weighted by molar-refractivity contribution is 5.97. The smallest absolute Gasteiger partial charge is 0.326 e. The molecule has 17 heteroatoms. The van der Waals surface area contributed by atoms with Crippen LogP contribution in [0.1, 0.15) is 55.7 Å². The molecular weight excluding hydrogens is 788 g/mol. The van der Waals surface area contributed by atoms with Crippen LogP contribution in [-0.2, 0) is 48.0 Å². The first kappa shape index (κ1) is 45.9. The van der Waals surface area contributed by atoms with Gasteiger partial charge in [-0.25, -0.2) is 4.79 Å². The summed E-state index contributed by atoms with van der Waals surface area (Å²) in [4.78, 5) is 81.9. The van der Waals surface area contributed by atoms with Crippen molar-refractivity contribution in [1.82, 2.24) is 36.7 Å². The molecule has 0 unspecified atom stereocenters. The maximum atomic E-state index is 15.1. The predicted octanol–water partition coefficient (Wildman–Crippen LogP) is 1.17. The summed E-state index contributed by atoms with van der Waals surface area (Å²) in [6, 6.07) is 16.8. The van der Waals surface area contributed by atoms with Crippen LogP contribution in [0.4, 0.5) is 4.48 Å². The molecule has 1 saturated heterocycles. The van der Waals surface area contributed by atoms with Gasteiger partial charge in [-0.05, 0) is 74.9 Å². The Morgan fingerprint density at radius 3 is 1.89 bits per heavy atom. The van der Waals surface area contributed by atoms with Gasteiger partial charge in [0.05, 0.1) is 17.7 Å². The Morgan fingerprint density at radius 1 is 0.738 bits per heavy atom. The zero-order valence-corrected chi connectivity index (χ0v) is 34.0. The number of aromatic nitrogens is 1. The number of benzene rings is 3. The highest BCUT2D eigenvalue weighted by Crippen LogP contribution is 2.23. The molecule has 1 aromatic heterocycles. The minimum Gasteiger partial charge on any atom is -0.480 e. The topological polar surface area (TPSA) is 246 Å². The number of carboxylic acid groups (broad SMARTS) is 1. The quantitative estimate of drug-likeness (QED) is 0.0512. The predicted molar refractivity (Wildman–Crippen MR) is 225 cm³/mol. The third-order valence-corrected chi connectivity index (χ3v) is 10.6. The minimum atomic E-state index is -1.62. The number of nitrogens with zero attached hydrogens (tertiary/aromatic N) is 1. The largest absolute Gasteiger partial charge is 0.480 e. The first-order valence-electron chi connectivity index (χ1n) is 20.5. The van der Waals surface area contributed by atoms with E-state index in [9.17, 15) is 39.0 Å². The molecule has 0 saturated carbocycles. The van der Waals surface area contributed by atoms with Crippen molar-refractivity contribution in [2.24, 2.45) is 5.73 Å². The molecule has 0 bridgehead atoms. The lowest BCUT2D eigenvalue weighted by molar-refractivity contribution is -0.143. The van der Waals surface area contributed by atoms with Crippen LogP contribution in [0.2, 0.25) is 0 Å². The molecule has 5 amide bonds. The number of rotatable bonds is 22. The molecule has 7 atom stereocenters. The zero-order valence-electron chi connectivity index (χ0n) is 34.0. The van der Waals surface area contributed by atoms with Gasteiger partial charge in [0.2, 0.25) is 29.5 Å². The molecule has 4 aromatic rings. The lowest BCUT2D eigenvalue weighted by atomic mass is 10.0. The summed E-state index contributed by atoms with van der Waals surface area (Å²) in [5, 5.41) is 37.3. The van der Waals surface area contributed by atoms with Gasteiger partial charge in [0, 0.05) is 30.8 Å². The SMILES string of the molecule is C[C@@H](O)[C@H](NC(=O)[C@H](CCCCN)NC(=O)[C@@H](Cc1cn(F)c2ccccc12)NC(=O)[C@H](Cc1ccccc1)NC(=O)[C@@H]1CCCN1)C(=O)N[C@@H](Cc1ccccc1)C(=O)O. The van der Waals surface area contributed by atoms with Crippen LogP contribution in [0.3, 0.4) is 0 Å². The highest BCUT2D eigenvalue weighted by Gasteiger charge is 2.35. The highest BCUT2D eigenvalue weighted by atomic mass is 19.2. The Hall–Kier alpha value is -6.17. The molecule has 3 aromatic carbocycles. The molecule has 61 heavy (non-hydrogen) atoms. The lowest BCUT2D eigenvalue weighted by Gasteiger charge is -2.28. The fourth-order valence-corrected chi connectivity index (χ4v) is 7.32. The molecule has 16 nitrogen and oxygen atoms in total. The number of amides is 5. The van der Waals surface area contributed by atoms with Gasteiger partial charge < -0.3 is 47.8 Å². The van der Waals surface area contributed by atoms with Gasteiger partial charge in [0.15, 0.2) is 0 Å². The zero-order chi connectivity index (χ0) is 43.9. The standard InChI is InChI=1S/C44H55FN8O8/c1-27(54)38(43(59)51-36(44(60)61)24-29-15-6-3-7-16-29)52-40(56)33(18-10-11-21-46)48-42(58)35(25-30-26-53(45)37-20-9-8-17-31(30)37)50-41(57)34(23-28-13-4-2-5-14-28)49-39(55)32-19-12-22-47-32/h2-9,13-17,20,26-27,32-36,38,47,54H,10-12,18-19,21-25,46H2,1H3,(H,48,58)(H,49,55)(H,50,57)(H,51,59)(H,52,56)(H,60,61)/t27-,32+,33+,34+,35-,36+,38+/m1/s1. The molecular formula is C44H55FN8O8. The van der Waals surface area contributed by atoms with Gasteiger partial charge in [-0.2, -0.15) is 4.79 Å². The van der Waals surface area contributed by atoms with Crippen LogP contribution in [0.25, 0.3) is 10.9 Å². The van der Waals surface area contributed by atoms with Crippen LogP contribution in [0.5, 0.6) is 0 Å². The maximum absolute atomic E-state index is 15.1. The summed E-state index contributed by atoms with van der Waals surface area (Å²) in [6.45, 7) is 2.17. The van der Waals surface area contributed by atoms with Crippen molar-refractivity contribution < 1.29 is 43.5 Å². The van der Waals surface area contributed by atoms with E-state index in [0.29, 0.717) is 47.1 Å². The summed E-state index contributed by atoms with van der Waals surface area (Å²) in [5.41, 5.74) is 7.72. The number of halogens is 1. The number of aliphatic hydroxyl groups is 1. The van der Waals surface area contributed by atoms with E-state index in [1.54, 1.807) is 78.9 Å². The van der Waals surface area contributed by atoms with Crippen LogP contribution in [0.15, 0.2) is 91.1 Å². The van der Waals surface area contributed by atoms with Gasteiger partial charge in [-0.15, -0.1) is 0 Å². The Labute approximate surface area is 353 Å². The van der Waals surface area contributed by atoms with E-state index in [2.05, 4.69) is 31.9 Å². The first-order chi connectivity index (χ1) is 29.3. The van der Waals surface area contributed by atoms with E-state index in [0.717, 1.165) is 12.0 Å². The average Bonchev–Trinajstić information content (AvgIpc) is 3.91. The molecule has 5 rings (SSSR count). The van der Waals surface area contributed by atoms with E-state index < -0.39 is 72.0 Å². The van der Waals surface area contributed by atoms with E-state index in [1.807, 2.05) is 6.07 Å². The summed E-state index contributed by atoms with van der Waals surface area (Å²) in [7, 11) is 0. The second-order valence-corrected chi connectivity index (χ2v) is 15.3. The second kappa shape index (κ2) is 22.4. The van der Waals surface area contributed by atoms with Gasteiger partial charge >= 0.3 is 5.97 Å².